The SMILES string of the molecule is Brc1ccc[15n]c1.Cl. The minimum absolute atomic E-state index is 0. The van der Waals surface area contributed by atoms with Gasteiger partial charge in [0.1, 0.15) is 0 Å². The molecule has 1 nitrogen and oxygen atoms in total. The van der Waals surface area contributed by atoms with Crippen LogP contribution in [0.2, 0.25) is 0 Å². The maximum atomic E-state index is 3.84. The smallest absolute Gasteiger partial charge is 0.0410 e. The molecule has 0 fully saturated rings. The molecule has 0 aliphatic heterocycles. The van der Waals surface area contributed by atoms with Gasteiger partial charge in [0.25, 0.3) is 0 Å². The third-order valence-electron chi connectivity index (χ3n) is 0.625. The van der Waals surface area contributed by atoms with E-state index >= 15 is 0 Å². The zero-order valence-corrected chi connectivity index (χ0v) is 6.45. The van der Waals surface area contributed by atoms with E-state index in [2.05, 4.69) is 20.9 Å². The Morgan fingerprint density at radius 2 is 2.25 bits per heavy atom. The molecule has 0 amide bonds. The van der Waals surface area contributed by atoms with Crippen LogP contribution in [0.4, 0.5) is 0 Å². The Morgan fingerprint density at radius 3 is 2.50 bits per heavy atom. The monoisotopic (exact) mass is 194 g/mol. The van der Waals surface area contributed by atoms with Gasteiger partial charge in [-0.05, 0) is 28.1 Å². The van der Waals surface area contributed by atoms with Crippen LogP contribution in [0.25, 0.3) is 0 Å². The van der Waals surface area contributed by atoms with Gasteiger partial charge in [-0.25, -0.2) is 0 Å². The minimum atomic E-state index is 0. The van der Waals surface area contributed by atoms with Gasteiger partial charge in [0.05, 0.1) is 0 Å². The van der Waals surface area contributed by atoms with Crippen LogP contribution < -0.4 is 0 Å². The second-order valence-corrected chi connectivity index (χ2v) is 2.09. The summed E-state index contributed by atoms with van der Waals surface area (Å²) >= 11 is 3.25. The Labute approximate surface area is 62.7 Å². The average Bonchev–Trinajstić information content (AvgIpc) is 1.69. The Bertz CT molecular complexity index is 142. The highest BCUT2D eigenvalue weighted by molar-refractivity contribution is 9.10. The molecule has 44 valence electrons. The predicted octanol–water partition coefficient (Wildman–Crippen LogP) is 2.27. The number of rotatable bonds is 0. The lowest BCUT2D eigenvalue weighted by molar-refractivity contribution is 1.31. The summed E-state index contributed by atoms with van der Waals surface area (Å²) in [7, 11) is 0. The van der Waals surface area contributed by atoms with Crippen molar-refractivity contribution in [3.8, 4) is 0 Å². The molecule has 0 radical (unpaired) electrons. The first-order valence-electron chi connectivity index (χ1n) is 1.95. The van der Waals surface area contributed by atoms with E-state index in [0.717, 1.165) is 4.47 Å². The van der Waals surface area contributed by atoms with Gasteiger partial charge in [0.2, 0.25) is 0 Å². The second-order valence-electron chi connectivity index (χ2n) is 1.17. The largest absolute Gasteiger partial charge is 0.264 e. The molecular formula is C5H5BrClN. The van der Waals surface area contributed by atoms with Crippen LogP contribution >= 0.6 is 28.3 Å². The van der Waals surface area contributed by atoms with Crippen LogP contribution in [0.15, 0.2) is 29.0 Å². The highest BCUT2D eigenvalue weighted by Crippen LogP contribution is 2.02. The van der Waals surface area contributed by atoms with E-state index in [4.69, 9.17) is 0 Å². The quantitative estimate of drug-likeness (QED) is 0.619. The minimum Gasteiger partial charge on any atom is -0.264 e. The lowest BCUT2D eigenvalue weighted by atomic mass is 10.5. The maximum absolute atomic E-state index is 3.84. The lowest BCUT2D eigenvalue weighted by Gasteiger charge is -1.80. The molecule has 0 saturated heterocycles. The van der Waals surface area contributed by atoms with Gasteiger partial charge in [0, 0.05) is 16.9 Å². The molecular weight excluding hydrogens is 190 g/mol. The fraction of sp³-hybridized carbons (Fsp3) is 0. The molecule has 0 atom stereocenters. The van der Waals surface area contributed by atoms with Gasteiger partial charge >= 0.3 is 0 Å². The lowest BCUT2D eigenvalue weighted by Crippen LogP contribution is -1.64. The molecule has 0 unspecified atom stereocenters. The number of aromatic nitrogens is 1. The summed E-state index contributed by atoms with van der Waals surface area (Å²) < 4.78 is 1.02. The molecule has 1 rings (SSSR count). The first-order chi connectivity index (χ1) is 3.39. The average molecular weight is 195 g/mol. The molecule has 1 heterocycles. The van der Waals surface area contributed by atoms with Crippen LogP contribution in [-0.4, -0.2) is 4.98 Å². The van der Waals surface area contributed by atoms with E-state index in [9.17, 15) is 0 Å². The highest BCUT2D eigenvalue weighted by Gasteiger charge is 1.75. The molecule has 1 aromatic heterocycles. The molecule has 0 saturated carbocycles. The Balaban J connectivity index is 0.000000490. The van der Waals surface area contributed by atoms with Crippen LogP contribution in [0.3, 0.4) is 0 Å². The van der Waals surface area contributed by atoms with E-state index in [1.54, 1.807) is 12.4 Å². The number of halogens is 2. The van der Waals surface area contributed by atoms with Crippen LogP contribution in [0.1, 0.15) is 0 Å². The Hall–Kier alpha value is -0.0800. The molecule has 0 spiro atoms. The predicted molar refractivity (Wildman–Crippen MR) is 39.2 cm³/mol. The van der Waals surface area contributed by atoms with Crippen molar-refractivity contribution in [1.82, 2.24) is 4.98 Å². The summed E-state index contributed by atoms with van der Waals surface area (Å²) in [5.74, 6) is 0. The van der Waals surface area contributed by atoms with Gasteiger partial charge in [-0.3, -0.25) is 4.98 Å². The molecule has 0 aliphatic rings. The van der Waals surface area contributed by atoms with Crippen LogP contribution in [-0.2, 0) is 0 Å². The molecule has 1 aromatic rings. The van der Waals surface area contributed by atoms with Gasteiger partial charge < -0.3 is 0 Å². The zero-order chi connectivity index (χ0) is 5.11. The third kappa shape index (κ3) is 2.28. The van der Waals surface area contributed by atoms with Gasteiger partial charge in [-0.2, -0.15) is 0 Å². The maximum Gasteiger partial charge on any atom is 0.0410 e. The van der Waals surface area contributed by atoms with Gasteiger partial charge in [0.15, 0.2) is 0 Å². The van der Waals surface area contributed by atoms with Gasteiger partial charge in [-0.15, -0.1) is 12.4 Å². The fourth-order valence-corrected chi connectivity index (χ4v) is 0.613. The second kappa shape index (κ2) is 3.87. The summed E-state index contributed by atoms with van der Waals surface area (Å²) in [6.07, 6.45) is 3.49. The van der Waals surface area contributed by atoms with E-state index in [1.807, 2.05) is 12.1 Å². The van der Waals surface area contributed by atoms with Crippen molar-refractivity contribution in [3.05, 3.63) is 29.0 Å². The van der Waals surface area contributed by atoms with Crippen molar-refractivity contribution >= 4 is 28.3 Å². The van der Waals surface area contributed by atoms with E-state index in [-0.39, 0.29) is 12.4 Å². The van der Waals surface area contributed by atoms with Gasteiger partial charge in [-0.1, -0.05) is 0 Å². The molecule has 3 heteroatoms. The number of hydrogen-bond acceptors (Lipinski definition) is 1. The van der Waals surface area contributed by atoms with Crippen molar-refractivity contribution in [1.29, 1.82) is 0 Å². The topological polar surface area (TPSA) is 12.9 Å². The molecule has 0 bridgehead atoms. The Morgan fingerprint density at radius 1 is 1.50 bits per heavy atom. The number of nitrogens with zero attached hydrogens (tertiary/aromatic N) is 1. The van der Waals surface area contributed by atoms with Crippen molar-refractivity contribution in [2.45, 2.75) is 0 Å². The third-order valence-corrected chi connectivity index (χ3v) is 1.09. The summed E-state index contributed by atoms with van der Waals surface area (Å²) in [5, 5.41) is 0. The zero-order valence-electron chi connectivity index (χ0n) is 4.04. The normalized spacial score (nSPS) is 7.62. The van der Waals surface area contributed by atoms with Crippen molar-refractivity contribution < 1.29 is 0 Å². The first-order valence-corrected chi connectivity index (χ1v) is 2.74. The highest BCUT2D eigenvalue weighted by atomic mass is 79.9. The summed E-state index contributed by atoms with van der Waals surface area (Å²) in [4.78, 5) is 3.84. The fourth-order valence-electron chi connectivity index (χ4n) is 0.342. The van der Waals surface area contributed by atoms with Crippen molar-refractivity contribution in [2.24, 2.45) is 0 Å². The van der Waals surface area contributed by atoms with E-state index in [1.165, 1.54) is 0 Å². The van der Waals surface area contributed by atoms with Crippen LogP contribution in [0, 0.1) is 0 Å². The van der Waals surface area contributed by atoms with Crippen molar-refractivity contribution in [3.63, 3.8) is 0 Å². The van der Waals surface area contributed by atoms with Crippen molar-refractivity contribution in [2.75, 3.05) is 0 Å². The van der Waals surface area contributed by atoms with E-state index in [0.29, 0.717) is 0 Å². The summed E-state index contributed by atoms with van der Waals surface area (Å²) in [6, 6.07) is 3.82. The number of pyridine rings is 1. The summed E-state index contributed by atoms with van der Waals surface area (Å²) in [6.45, 7) is 0. The van der Waals surface area contributed by atoms with Crippen LogP contribution in [0.5, 0.6) is 0 Å². The Kier molecular flexibility index (Phi) is 3.83. The summed E-state index contributed by atoms with van der Waals surface area (Å²) in [5.41, 5.74) is 0. The molecule has 0 aromatic carbocycles. The molecule has 0 N–H and O–H groups in total. The first kappa shape index (κ1) is 7.92. The number of hydrogen-bond donors (Lipinski definition) is 0. The van der Waals surface area contributed by atoms with E-state index < -0.39 is 0 Å². The molecule has 0 aliphatic carbocycles. The molecule has 8 heavy (non-hydrogen) atoms. The standard InChI is InChI=1S/C5H4BrN.ClH/c6-5-2-1-3-7-4-5;/h1-4H;1H/i7+1;.